The first-order valence-electron chi connectivity index (χ1n) is 5.94. The van der Waals surface area contributed by atoms with Crippen LogP contribution in [0.5, 0.6) is 0 Å². The van der Waals surface area contributed by atoms with Gasteiger partial charge in [0.1, 0.15) is 0 Å². The predicted molar refractivity (Wildman–Crippen MR) is 72.8 cm³/mol. The molecule has 1 aromatic rings. The van der Waals surface area contributed by atoms with E-state index < -0.39 is 5.41 Å². The molecule has 0 bridgehead atoms. The number of hydrogen-bond donors (Lipinski definition) is 2. The Morgan fingerprint density at radius 3 is 2.17 bits per heavy atom. The lowest BCUT2D eigenvalue weighted by atomic mass is 9.92. The Balaban J connectivity index is 2.64. The van der Waals surface area contributed by atoms with Gasteiger partial charge in [0.15, 0.2) is 5.78 Å². The van der Waals surface area contributed by atoms with Crippen LogP contribution in [0.1, 0.15) is 31.1 Å². The molecule has 0 fully saturated rings. The molecule has 98 valence electrons. The van der Waals surface area contributed by atoms with E-state index in [1.54, 1.807) is 19.2 Å². The maximum absolute atomic E-state index is 11.6. The van der Waals surface area contributed by atoms with E-state index in [4.69, 9.17) is 0 Å². The van der Waals surface area contributed by atoms with Crippen LogP contribution in [0.3, 0.4) is 0 Å². The van der Waals surface area contributed by atoms with Crippen molar-refractivity contribution in [3.05, 3.63) is 29.8 Å². The van der Waals surface area contributed by atoms with Crippen molar-refractivity contribution in [2.75, 3.05) is 18.9 Å². The van der Waals surface area contributed by atoms with Crippen LogP contribution in [0.25, 0.3) is 0 Å². The minimum atomic E-state index is -0.478. The van der Waals surface area contributed by atoms with Gasteiger partial charge in [-0.25, -0.2) is 0 Å². The van der Waals surface area contributed by atoms with E-state index in [0.717, 1.165) is 5.69 Å². The smallest absolute Gasteiger partial charge is 0.227 e. The third-order valence-electron chi connectivity index (χ3n) is 2.87. The maximum atomic E-state index is 11.6. The number of anilines is 1. The van der Waals surface area contributed by atoms with Gasteiger partial charge in [-0.1, -0.05) is 0 Å². The highest BCUT2D eigenvalue weighted by atomic mass is 16.2. The molecule has 0 aliphatic rings. The zero-order valence-electron chi connectivity index (χ0n) is 11.3. The van der Waals surface area contributed by atoms with Crippen molar-refractivity contribution >= 4 is 17.4 Å². The number of Topliss-reactive ketones (excluding diaryl/α,β-unsaturated/α-hetero) is 1. The van der Waals surface area contributed by atoms with E-state index in [1.807, 2.05) is 26.0 Å². The molecule has 4 heteroatoms. The molecule has 0 radical (unpaired) electrons. The Morgan fingerprint density at radius 1 is 1.17 bits per heavy atom. The quantitative estimate of drug-likeness (QED) is 0.784. The number of carbonyl (C=O) groups is 2. The standard InChI is InChI=1S/C14H20N2O2/c1-10(17)11-5-7-12(8-6-11)16-9-14(2,3)13(18)15-4/h5-8,16H,9H2,1-4H3,(H,15,18). The summed E-state index contributed by atoms with van der Waals surface area (Å²) in [7, 11) is 1.63. The van der Waals surface area contributed by atoms with Crippen LogP contribution >= 0.6 is 0 Å². The largest absolute Gasteiger partial charge is 0.384 e. The summed E-state index contributed by atoms with van der Waals surface area (Å²) in [5.41, 5.74) is 1.11. The van der Waals surface area contributed by atoms with Crippen molar-refractivity contribution in [3.63, 3.8) is 0 Å². The Kier molecular flexibility index (Phi) is 4.48. The molecule has 0 saturated heterocycles. The van der Waals surface area contributed by atoms with E-state index in [2.05, 4.69) is 10.6 Å². The van der Waals surface area contributed by atoms with Gasteiger partial charge in [-0.05, 0) is 45.0 Å². The molecule has 0 atom stereocenters. The van der Waals surface area contributed by atoms with Crippen LogP contribution in [0.2, 0.25) is 0 Å². The fraction of sp³-hybridized carbons (Fsp3) is 0.429. The Bertz CT molecular complexity index is 436. The van der Waals surface area contributed by atoms with Crippen LogP contribution < -0.4 is 10.6 Å². The van der Waals surface area contributed by atoms with Gasteiger partial charge in [0, 0.05) is 24.8 Å². The van der Waals surface area contributed by atoms with Gasteiger partial charge in [0.2, 0.25) is 5.91 Å². The minimum Gasteiger partial charge on any atom is -0.384 e. The fourth-order valence-corrected chi connectivity index (χ4v) is 1.56. The summed E-state index contributed by atoms with van der Waals surface area (Å²) in [5, 5.41) is 5.84. The Morgan fingerprint density at radius 2 is 1.72 bits per heavy atom. The normalized spacial score (nSPS) is 10.9. The lowest BCUT2D eigenvalue weighted by molar-refractivity contribution is -0.128. The lowest BCUT2D eigenvalue weighted by Gasteiger charge is -2.23. The fourth-order valence-electron chi connectivity index (χ4n) is 1.56. The van der Waals surface area contributed by atoms with E-state index in [0.29, 0.717) is 12.1 Å². The second-order valence-corrected chi connectivity index (χ2v) is 4.95. The van der Waals surface area contributed by atoms with Crippen molar-refractivity contribution in [3.8, 4) is 0 Å². The molecular weight excluding hydrogens is 228 g/mol. The molecule has 0 aromatic heterocycles. The maximum Gasteiger partial charge on any atom is 0.227 e. The number of benzene rings is 1. The molecule has 2 N–H and O–H groups in total. The van der Waals surface area contributed by atoms with Gasteiger partial charge in [-0.2, -0.15) is 0 Å². The van der Waals surface area contributed by atoms with E-state index in [9.17, 15) is 9.59 Å². The summed E-state index contributed by atoms with van der Waals surface area (Å²) in [4.78, 5) is 22.7. The second kappa shape index (κ2) is 5.67. The molecule has 0 aliphatic carbocycles. The van der Waals surface area contributed by atoms with Crippen LogP contribution in [0.15, 0.2) is 24.3 Å². The van der Waals surface area contributed by atoms with Crippen molar-refractivity contribution in [2.45, 2.75) is 20.8 Å². The van der Waals surface area contributed by atoms with Gasteiger partial charge in [-0.3, -0.25) is 9.59 Å². The first-order valence-corrected chi connectivity index (χ1v) is 5.94. The minimum absolute atomic E-state index is 0.00430. The SMILES string of the molecule is CNC(=O)C(C)(C)CNc1ccc(C(C)=O)cc1. The molecule has 18 heavy (non-hydrogen) atoms. The van der Waals surface area contributed by atoms with Gasteiger partial charge >= 0.3 is 0 Å². The van der Waals surface area contributed by atoms with Crippen molar-refractivity contribution in [1.82, 2.24) is 5.32 Å². The number of ketones is 1. The summed E-state index contributed by atoms with van der Waals surface area (Å²) in [6.07, 6.45) is 0. The van der Waals surface area contributed by atoms with Crippen molar-refractivity contribution in [1.29, 1.82) is 0 Å². The predicted octanol–water partition coefficient (Wildman–Crippen LogP) is 2.07. The highest BCUT2D eigenvalue weighted by molar-refractivity contribution is 5.94. The Hall–Kier alpha value is -1.84. The number of carbonyl (C=O) groups excluding carboxylic acids is 2. The second-order valence-electron chi connectivity index (χ2n) is 4.95. The summed E-state index contributed by atoms with van der Waals surface area (Å²) < 4.78 is 0. The topological polar surface area (TPSA) is 58.2 Å². The summed E-state index contributed by atoms with van der Waals surface area (Å²) >= 11 is 0. The van der Waals surface area contributed by atoms with Crippen LogP contribution in [-0.4, -0.2) is 25.3 Å². The number of rotatable bonds is 5. The number of hydrogen-bond acceptors (Lipinski definition) is 3. The Labute approximate surface area is 108 Å². The van der Waals surface area contributed by atoms with E-state index in [-0.39, 0.29) is 11.7 Å². The van der Waals surface area contributed by atoms with Crippen LogP contribution in [0.4, 0.5) is 5.69 Å². The third-order valence-corrected chi connectivity index (χ3v) is 2.87. The molecular formula is C14H20N2O2. The third kappa shape index (κ3) is 3.58. The molecule has 4 nitrogen and oxygen atoms in total. The highest BCUT2D eigenvalue weighted by Gasteiger charge is 2.26. The average Bonchev–Trinajstić information content (AvgIpc) is 2.35. The molecule has 0 saturated carbocycles. The summed E-state index contributed by atoms with van der Waals surface area (Å²) in [5.74, 6) is 0.0441. The van der Waals surface area contributed by atoms with E-state index in [1.165, 1.54) is 6.92 Å². The van der Waals surface area contributed by atoms with Gasteiger partial charge < -0.3 is 10.6 Å². The highest BCUT2D eigenvalue weighted by Crippen LogP contribution is 2.17. The molecule has 1 amide bonds. The van der Waals surface area contributed by atoms with Crippen molar-refractivity contribution < 1.29 is 9.59 Å². The average molecular weight is 248 g/mol. The van der Waals surface area contributed by atoms with Gasteiger partial charge in [0.05, 0.1) is 5.41 Å². The molecule has 0 spiro atoms. The van der Waals surface area contributed by atoms with Gasteiger partial charge in [-0.15, -0.1) is 0 Å². The molecule has 1 rings (SSSR count). The molecule has 0 unspecified atom stereocenters. The summed E-state index contributed by atoms with van der Waals surface area (Å²) in [6, 6.07) is 7.24. The monoisotopic (exact) mass is 248 g/mol. The number of amides is 1. The first kappa shape index (κ1) is 14.2. The molecule has 0 heterocycles. The molecule has 0 aliphatic heterocycles. The first-order chi connectivity index (χ1) is 8.36. The lowest BCUT2D eigenvalue weighted by Crippen LogP contribution is -2.39. The van der Waals surface area contributed by atoms with E-state index >= 15 is 0 Å². The van der Waals surface area contributed by atoms with Crippen molar-refractivity contribution in [2.24, 2.45) is 5.41 Å². The van der Waals surface area contributed by atoms with Crippen LogP contribution in [-0.2, 0) is 4.79 Å². The van der Waals surface area contributed by atoms with Crippen LogP contribution in [0, 0.1) is 5.41 Å². The molecule has 1 aromatic carbocycles. The summed E-state index contributed by atoms with van der Waals surface area (Å²) in [6.45, 7) is 5.83. The van der Waals surface area contributed by atoms with Gasteiger partial charge in [0.25, 0.3) is 0 Å². The zero-order valence-corrected chi connectivity index (χ0v) is 11.3. The zero-order chi connectivity index (χ0) is 13.8. The number of nitrogens with one attached hydrogen (secondary N) is 2.